The molecule has 1 aromatic heterocycles. The van der Waals surface area contributed by atoms with Gasteiger partial charge in [-0.05, 0) is 71.6 Å². The minimum Gasteiger partial charge on any atom is -0.292 e. The van der Waals surface area contributed by atoms with Crippen LogP contribution in [0.1, 0.15) is 87.8 Å². The van der Waals surface area contributed by atoms with E-state index in [0.717, 1.165) is 22.8 Å². The third-order valence-electron chi connectivity index (χ3n) is 7.22. The number of para-hydroxylation sites is 2. The molecule has 0 amide bonds. The highest BCUT2D eigenvalue weighted by Crippen LogP contribution is 2.42. The number of aromatic nitrogens is 2. The van der Waals surface area contributed by atoms with Crippen LogP contribution in [0.3, 0.4) is 0 Å². The van der Waals surface area contributed by atoms with E-state index in [9.17, 15) is 4.39 Å². The summed E-state index contributed by atoms with van der Waals surface area (Å²) in [5.41, 5.74) is 7.04. The van der Waals surface area contributed by atoms with E-state index in [1.54, 1.807) is 0 Å². The highest BCUT2D eigenvalue weighted by Gasteiger charge is 2.26. The van der Waals surface area contributed by atoms with Crippen molar-refractivity contribution in [2.45, 2.75) is 71.1 Å². The van der Waals surface area contributed by atoms with E-state index in [2.05, 4.69) is 44.4 Å². The van der Waals surface area contributed by atoms with E-state index in [-0.39, 0.29) is 11.8 Å². The summed E-state index contributed by atoms with van der Waals surface area (Å²) < 4.78 is 30.9. The lowest BCUT2D eigenvalue weighted by molar-refractivity contribution is 0.584. The molecule has 1 aliphatic rings. The third-order valence-corrected chi connectivity index (χ3v) is 7.22. The Morgan fingerprint density at radius 2 is 1.50 bits per heavy atom. The molecule has 0 bridgehead atoms. The van der Waals surface area contributed by atoms with Crippen LogP contribution in [-0.2, 0) is 0 Å². The van der Waals surface area contributed by atoms with E-state index in [4.69, 9.17) is 4.98 Å². The first-order valence-electron chi connectivity index (χ1n) is 12.5. The molecule has 0 N–H and O–H groups in total. The fraction of sp³-hybridized carbons (Fsp3) is 0.367. The van der Waals surface area contributed by atoms with E-state index >= 15 is 4.39 Å². The van der Waals surface area contributed by atoms with Crippen molar-refractivity contribution in [2.24, 2.45) is 0 Å². The second kappa shape index (κ2) is 8.98. The first kappa shape index (κ1) is 22.8. The van der Waals surface area contributed by atoms with Crippen molar-refractivity contribution in [3.8, 4) is 17.1 Å². The molecule has 3 aromatic carbocycles. The molecule has 0 atom stereocenters. The Morgan fingerprint density at radius 1 is 0.853 bits per heavy atom. The molecule has 34 heavy (non-hydrogen) atoms. The van der Waals surface area contributed by atoms with Crippen molar-refractivity contribution in [1.29, 1.82) is 0 Å². The van der Waals surface area contributed by atoms with Crippen molar-refractivity contribution in [3.05, 3.63) is 82.9 Å². The van der Waals surface area contributed by atoms with Crippen LogP contribution in [0.25, 0.3) is 28.1 Å². The number of nitrogens with zero attached hydrogens (tertiary/aromatic N) is 2. The topological polar surface area (TPSA) is 17.8 Å². The number of hydrogen-bond acceptors (Lipinski definition) is 1. The summed E-state index contributed by atoms with van der Waals surface area (Å²) in [6, 6.07) is 16.4. The number of benzene rings is 3. The second-order valence-corrected chi connectivity index (χ2v) is 10.2. The Labute approximate surface area is 200 Å². The Bertz CT molecular complexity index is 1310. The molecule has 5 rings (SSSR count). The quantitative estimate of drug-likeness (QED) is 0.292. The van der Waals surface area contributed by atoms with Gasteiger partial charge in [0.05, 0.1) is 22.3 Å². The molecule has 1 heterocycles. The van der Waals surface area contributed by atoms with Gasteiger partial charge in [-0.1, -0.05) is 64.8 Å². The summed E-state index contributed by atoms with van der Waals surface area (Å²) in [5, 5.41) is 0. The molecule has 0 aliphatic heterocycles. The van der Waals surface area contributed by atoms with Crippen LogP contribution in [0.4, 0.5) is 8.78 Å². The Balaban J connectivity index is 1.86. The highest BCUT2D eigenvalue weighted by atomic mass is 19.1. The van der Waals surface area contributed by atoms with E-state index in [1.807, 2.05) is 24.3 Å². The summed E-state index contributed by atoms with van der Waals surface area (Å²) in [7, 11) is 0. The molecule has 176 valence electrons. The zero-order chi connectivity index (χ0) is 24.0. The molecule has 4 aromatic rings. The average Bonchev–Trinajstić information content (AvgIpc) is 3.46. The molecular weight excluding hydrogens is 426 g/mol. The molecular formula is C30H32F2N2. The summed E-state index contributed by atoms with van der Waals surface area (Å²) in [4.78, 5) is 4.85. The standard InChI is InChI=1S/C30H32F2N2/c1-18(2)24-15-21(20-9-5-6-10-20)16-25(19(3)4)29(24)34-28-12-8-7-11-27(28)33-30(34)23-14-13-22(31)17-26(23)32/h7-8,11-20H,5-6,9-10H2,1-4H3. The lowest BCUT2D eigenvalue weighted by atomic mass is 9.85. The zero-order valence-electron chi connectivity index (χ0n) is 20.4. The minimum atomic E-state index is -0.601. The van der Waals surface area contributed by atoms with Crippen LogP contribution in [0, 0.1) is 11.6 Å². The van der Waals surface area contributed by atoms with Gasteiger partial charge in [-0.2, -0.15) is 0 Å². The van der Waals surface area contributed by atoms with Crippen LogP contribution in [0.5, 0.6) is 0 Å². The van der Waals surface area contributed by atoms with Crippen LogP contribution in [0.15, 0.2) is 54.6 Å². The summed E-state index contributed by atoms with van der Waals surface area (Å²) >= 11 is 0. The van der Waals surface area contributed by atoms with Crippen molar-refractivity contribution >= 4 is 11.0 Å². The molecule has 4 heteroatoms. The predicted molar refractivity (Wildman–Crippen MR) is 136 cm³/mol. The third kappa shape index (κ3) is 3.93. The summed E-state index contributed by atoms with van der Waals surface area (Å²) in [6.45, 7) is 8.88. The van der Waals surface area contributed by atoms with Gasteiger partial charge in [0.2, 0.25) is 0 Å². The molecule has 1 aliphatic carbocycles. The molecule has 0 unspecified atom stereocenters. The van der Waals surface area contributed by atoms with Gasteiger partial charge in [0.25, 0.3) is 0 Å². The minimum absolute atomic E-state index is 0.279. The van der Waals surface area contributed by atoms with Crippen LogP contribution in [-0.4, -0.2) is 9.55 Å². The van der Waals surface area contributed by atoms with Crippen LogP contribution >= 0.6 is 0 Å². The van der Waals surface area contributed by atoms with Gasteiger partial charge in [0.15, 0.2) is 0 Å². The van der Waals surface area contributed by atoms with Gasteiger partial charge < -0.3 is 0 Å². The molecule has 0 radical (unpaired) electrons. The summed E-state index contributed by atoms with van der Waals surface area (Å²) in [6.07, 6.45) is 5.07. The van der Waals surface area contributed by atoms with Gasteiger partial charge >= 0.3 is 0 Å². The van der Waals surface area contributed by atoms with Crippen molar-refractivity contribution in [3.63, 3.8) is 0 Å². The average molecular weight is 459 g/mol. The number of rotatable bonds is 5. The number of fused-ring (bicyclic) bond motifs is 1. The monoisotopic (exact) mass is 458 g/mol. The molecule has 1 saturated carbocycles. The Hall–Kier alpha value is -3.01. The van der Waals surface area contributed by atoms with Crippen LogP contribution in [0.2, 0.25) is 0 Å². The van der Waals surface area contributed by atoms with E-state index in [1.165, 1.54) is 54.5 Å². The maximum absolute atomic E-state index is 15.1. The van der Waals surface area contributed by atoms with Gasteiger partial charge in [-0.25, -0.2) is 13.8 Å². The van der Waals surface area contributed by atoms with Crippen molar-refractivity contribution in [1.82, 2.24) is 9.55 Å². The Morgan fingerprint density at radius 3 is 2.12 bits per heavy atom. The van der Waals surface area contributed by atoms with Gasteiger partial charge in [-0.15, -0.1) is 0 Å². The second-order valence-electron chi connectivity index (χ2n) is 10.2. The number of hydrogen-bond donors (Lipinski definition) is 0. The first-order valence-corrected chi connectivity index (χ1v) is 12.5. The van der Waals surface area contributed by atoms with Gasteiger partial charge in [0, 0.05) is 6.07 Å². The SMILES string of the molecule is CC(C)c1cc(C2CCCC2)cc(C(C)C)c1-n1c(-c2ccc(F)cc2F)nc2ccccc21. The number of imidazole rings is 1. The normalized spacial score (nSPS) is 14.7. The fourth-order valence-corrected chi connectivity index (χ4v) is 5.44. The number of halogens is 2. The largest absolute Gasteiger partial charge is 0.292 e. The molecule has 2 nitrogen and oxygen atoms in total. The Kier molecular flexibility index (Phi) is 6.01. The molecule has 1 fully saturated rings. The van der Waals surface area contributed by atoms with Crippen molar-refractivity contribution < 1.29 is 8.78 Å². The zero-order valence-corrected chi connectivity index (χ0v) is 20.4. The smallest absolute Gasteiger partial charge is 0.148 e. The lowest BCUT2D eigenvalue weighted by Gasteiger charge is -2.25. The maximum atomic E-state index is 15.1. The molecule has 0 saturated heterocycles. The fourth-order valence-electron chi connectivity index (χ4n) is 5.44. The predicted octanol–water partition coefficient (Wildman–Crippen LogP) is 8.88. The van der Waals surface area contributed by atoms with Gasteiger partial charge in [-0.3, -0.25) is 4.57 Å². The van der Waals surface area contributed by atoms with Gasteiger partial charge in [0.1, 0.15) is 17.5 Å². The van der Waals surface area contributed by atoms with E-state index in [0.29, 0.717) is 17.3 Å². The first-order chi connectivity index (χ1) is 16.3. The lowest BCUT2D eigenvalue weighted by Crippen LogP contribution is -2.11. The van der Waals surface area contributed by atoms with Crippen LogP contribution < -0.4 is 0 Å². The molecule has 0 spiro atoms. The highest BCUT2D eigenvalue weighted by molar-refractivity contribution is 5.84. The summed E-state index contributed by atoms with van der Waals surface area (Å²) in [5.74, 6) is 0.488. The maximum Gasteiger partial charge on any atom is 0.148 e. The van der Waals surface area contributed by atoms with Crippen molar-refractivity contribution in [2.75, 3.05) is 0 Å². The van der Waals surface area contributed by atoms with E-state index < -0.39 is 11.6 Å².